The molecule has 0 aromatic heterocycles. The van der Waals surface area contributed by atoms with Crippen molar-refractivity contribution in [1.82, 2.24) is 5.32 Å². The quantitative estimate of drug-likeness (QED) is 0.840. The van der Waals surface area contributed by atoms with Crippen molar-refractivity contribution < 1.29 is 14.3 Å². The second-order valence-corrected chi connectivity index (χ2v) is 5.23. The number of phenols is 1. The Morgan fingerprint density at radius 1 is 1.53 bits per heavy atom. The molecule has 5 heteroatoms. The molecule has 3 nitrogen and oxygen atoms in total. The summed E-state index contributed by atoms with van der Waals surface area (Å²) in [5.74, 6) is -1.40. The second kappa shape index (κ2) is 5.49. The number of carbonyl (C=O) groups is 1. The number of amides is 1. The number of nitrogens with one attached hydrogen (secondary N) is 1. The van der Waals surface area contributed by atoms with Crippen LogP contribution in [0.5, 0.6) is 5.75 Å². The van der Waals surface area contributed by atoms with E-state index < -0.39 is 17.3 Å². The van der Waals surface area contributed by atoms with Gasteiger partial charge in [0.2, 0.25) is 0 Å². The summed E-state index contributed by atoms with van der Waals surface area (Å²) in [6.07, 6.45) is 0.735. The minimum Gasteiger partial charge on any atom is -0.508 e. The van der Waals surface area contributed by atoms with Crippen molar-refractivity contribution in [3.05, 3.63) is 29.6 Å². The Kier molecular flexibility index (Phi) is 4.51. The van der Waals surface area contributed by atoms with Crippen molar-refractivity contribution in [2.75, 3.05) is 5.33 Å². The minimum absolute atomic E-state index is 0.0644. The van der Waals surface area contributed by atoms with Crippen LogP contribution in [0.25, 0.3) is 0 Å². The molecule has 94 valence electrons. The fraction of sp³-hybridized carbons (Fsp3) is 0.417. The first kappa shape index (κ1) is 14.0. The monoisotopic (exact) mass is 303 g/mol. The molecule has 0 aliphatic carbocycles. The molecule has 0 heterocycles. The Labute approximate surface area is 108 Å². The van der Waals surface area contributed by atoms with Gasteiger partial charge in [-0.15, -0.1) is 0 Å². The lowest BCUT2D eigenvalue weighted by molar-refractivity contribution is 0.0907. The Morgan fingerprint density at radius 2 is 2.18 bits per heavy atom. The van der Waals surface area contributed by atoms with Gasteiger partial charge in [0.05, 0.1) is 5.56 Å². The predicted molar refractivity (Wildman–Crippen MR) is 68.0 cm³/mol. The highest BCUT2D eigenvalue weighted by molar-refractivity contribution is 9.09. The molecule has 1 aromatic carbocycles. The summed E-state index contributed by atoms with van der Waals surface area (Å²) in [6.45, 7) is 3.73. The van der Waals surface area contributed by atoms with E-state index in [2.05, 4.69) is 21.2 Å². The molecule has 0 fully saturated rings. The van der Waals surface area contributed by atoms with E-state index in [1.54, 1.807) is 0 Å². The van der Waals surface area contributed by atoms with Gasteiger partial charge in [0.15, 0.2) is 0 Å². The number of carbonyl (C=O) groups excluding carboxylic acids is 1. The molecular weight excluding hydrogens is 289 g/mol. The molecule has 0 unspecified atom stereocenters. The summed E-state index contributed by atoms with van der Waals surface area (Å²) < 4.78 is 13.4. The summed E-state index contributed by atoms with van der Waals surface area (Å²) in [5, 5.41) is 12.5. The maximum atomic E-state index is 13.4. The highest BCUT2D eigenvalue weighted by Crippen LogP contribution is 2.17. The Balaban J connectivity index is 2.83. The number of aromatic hydroxyl groups is 1. The summed E-state index contributed by atoms with van der Waals surface area (Å²) in [4.78, 5) is 11.8. The number of halogens is 2. The summed E-state index contributed by atoms with van der Waals surface area (Å²) in [7, 11) is 0. The van der Waals surface area contributed by atoms with Gasteiger partial charge in [0.25, 0.3) is 5.91 Å². The number of alkyl halides is 1. The van der Waals surface area contributed by atoms with Crippen LogP contribution in [0.1, 0.15) is 30.6 Å². The molecule has 0 saturated carbocycles. The van der Waals surface area contributed by atoms with Crippen LogP contribution in [0, 0.1) is 5.82 Å². The van der Waals surface area contributed by atoms with Crippen LogP contribution in [-0.2, 0) is 0 Å². The molecule has 2 N–H and O–H groups in total. The van der Waals surface area contributed by atoms with E-state index in [-0.39, 0.29) is 11.3 Å². The molecule has 1 aromatic rings. The van der Waals surface area contributed by atoms with Gasteiger partial charge in [0.1, 0.15) is 11.6 Å². The highest BCUT2D eigenvalue weighted by atomic mass is 79.9. The number of phenolic OH excluding ortho intramolecular Hbond substituents is 1. The summed E-state index contributed by atoms with van der Waals surface area (Å²) >= 11 is 3.30. The van der Waals surface area contributed by atoms with Crippen molar-refractivity contribution in [3.63, 3.8) is 0 Å². The van der Waals surface area contributed by atoms with E-state index in [1.165, 1.54) is 12.1 Å². The molecule has 17 heavy (non-hydrogen) atoms. The number of hydrogen-bond donors (Lipinski definition) is 2. The molecule has 0 saturated heterocycles. The molecule has 0 aliphatic heterocycles. The van der Waals surface area contributed by atoms with Crippen LogP contribution in [-0.4, -0.2) is 21.9 Å². The number of benzene rings is 1. The van der Waals surface area contributed by atoms with Crippen LogP contribution < -0.4 is 5.32 Å². The maximum absolute atomic E-state index is 13.4. The number of rotatable bonds is 4. The minimum atomic E-state index is -0.725. The smallest absolute Gasteiger partial charge is 0.254 e. The fourth-order valence-corrected chi connectivity index (χ4v) is 2.35. The molecule has 1 rings (SSSR count). The van der Waals surface area contributed by atoms with Gasteiger partial charge in [-0.1, -0.05) is 15.9 Å². The van der Waals surface area contributed by atoms with Crippen molar-refractivity contribution in [2.24, 2.45) is 0 Å². The summed E-state index contributed by atoms with van der Waals surface area (Å²) in [6, 6.07) is 3.48. The molecule has 0 atom stereocenters. The SMILES string of the molecule is CC(C)(CCBr)NC(=O)c1ccc(O)cc1F. The third-order valence-electron chi connectivity index (χ3n) is 2.37. The van der Waals surface area contributed by atoms with Crippen LogP contribution in [0.4, 0.5) is 4.39 Å². The average molecular weight is 304 g/mol. The molecule has 1 amide bonds. The Bertz CT molecular complexity index is 421. The third-order valence-corrected chi connectivity index (χ3v) is 2.77. The molecular formula is C12H15BrFNO2. The van der Waals surface area contributed by atoms with Crippen LogP contribution in [0.3, 0.4) is 0 Å². The van der Waals surface area contributed by atoms with Gasteiger partial charge in [0, 0.05) is 16.9 Å². The fourth-order valence-electron chi connectivity index (χ4n) is 1.36. The summed E-state index contributed by atoms with van der Waals surface area (Å²) in [5.41, 5.74) is -0.476. The Hall–Kier alpha value is -1.10. The Morgan fingerprint density at radius 3 is 2.71 bits per heavy atom. The van der Waals surface area contributed by atoms with E-state index in [4.69, 9.17) is 5.11 Å². The highest BCUT2D eigenvalue weighted by Gasteiger charge is 2.22. The van der Waals surface area contributed by atoms with Crippen LogP contribution in [0.15, 0.2) is 18.2 Å². The lowest BCUT2D eigenvalue weighted by Crippen LogP contribution is -2.43. The van der Waals surface area contributed by atoms with Crippen molar-refractivity contribution >= 4 is 21.8 Å². The molecule has 0 spiro atoms. The third kappa shape index (κ3) is 4.00. The molecule has 0 aliphatic rings. The zero-order valence-electron chi connectivity index (χ0n) is 9.76. The van der Waals surface area contributed by atoms with E-state index in [1.807, 2.05) is 13.8 Å². The standard InChI is InChI=1S/C12H15BrFNO2/c1-12(2,5-6-13)15-11(17)9-4-3-8(16)7-10(9)14/h3-4,7,16H,5-6H2,1-2H3,(H,15,17). The van der Waals surface area contributed by atoms with E-state index in [9.17, 15) is 9.18 Å². The first-order chi connectivity index (χ1) is 7.85. The van der Waals surface area contributed by atoms with E-state index in [0.29, 0.717) is 0 Å². The zero-order chi connectivity index (χ0) is 13.1. The lowest BCUT2D eigenvalue weighted by atomic mass is 10.0. The maximum Gasteiger partial charge on any atom is 0.254 e. The average Bonchev–Trinajstić information content (AvgIpc) is 2.15. The van der Waals surface area contributed by atoms with E-state index in [0.717, 1.165) is 17.8 Å². The van der Waals surface area contributed by atoms with E-state index >= 15 is 0 Å². The van der Waals surface area contributed by atoms with Crippen molar-refractivity contribution in [3.8, 4) is 5.75 Å². The van der Waals surface area contributed by atoms with Gasteiger partial charge in [-0.2, -0.15) is 0 Å². The van der Waals surface area contributed by atoms with Crippen LogP contribution in [0.2, 0.25) is 0 Å². The van der Waals surface area contributed by atoms with Crippen molar-refractivity contribution in [2.45, 2.75) is 25.8 Å². The zero-order valence-corrected chi connectivity index (χ0v) is 11.3. The molecule has 0 radical (unpaired) electrons. The van der Waals surface area contributed by atoms with Crippen molar-refractivity contribution in [1.29, 1.82) is 0 Å². The normalized spacial score (nSPS) is 11.3. The van der Waals surface area contributed by atoms with Crippen LogP contribution >= 0.6 is 15.9 Å². The first-order valence-corrected chi connectivity index (χ1v) is 6.35. The molecule has 0 bridgehead atoms. The van der Waals surface area contributed by atoms with Gasteiger partial charge in [-0.25, -0.2) is 4.39 Å². The van der Waals surface area contributed by atoms with Gasteiger partial charge in [-0.3, -0.25) is 4.79 Å². The predicted octanol–water partition coefficient (Wildman–Crippen LogP) is 2.82. The largest absolute Gasteiger partial charge is 0.508 e. The second-order valence-electron chi connectivity index (χ2n) is 4.44. The lowest BCUT2D eigenvalue weighted by Gasteiger charge is -2.25. The van der Waals surface area contributed by atoms with Gasteiger partial charge < -0.3 is 10.4 Å². The topological polar surface area (TPSA) is 49.3 Å². The van der Waals surface area contributed by atoms with Gasteiger partial charge in [-0.05, 0) is 32.4 Å². The first-order valence-electron chi connectivity index (χ1n) is 5.23. The number of hydrogen-bond acceptors (Lipinski definition) is 2. The van der Waals surface area contributed by atoms with Gasteiger partial charge >= 0.3 is 0 Å².